The standard InChI is InChI=1S/C20H20N6O2/c1-14-2-4-17(15-10-21-13-22-11-15)25-19(14)20(27)24-16-3-5-18(23-12-16)26-6-8-28-9-7-26/h2-5,10-13H,6-9H2,1H3,(H,24,27). The SMILES string of the molecule is Cc1ccc(-c2cncnc2)nc1C(=O)Nc1ccc(N2CCOCC2)nc1. The average molecular weight is 376 g/mol. The quantitative estimate of drug-likeness (QED) is 0.747. The third-order valence-corrected chi connectivity index (χ3v) is 4.51. The normalized spacial score (nSPS) is 14.0. The predicted octanol–water partition coefficient (Wildman–Crippen LogP) is 2.33. The molecule has 3 aromatic heterocycles. The van der Waals surface area contributed by atoms with E-state index in [2.05, 4.69) is 30.2 Å². The average Bonchev–Trinajstić information content (AvgIpc) is 2.76. The Bertz CT molecular complexity index is 956. The maximum Gasteiger partial charge on any atom is 0.274 e. The molecule has 1 N–H and O–H groups in total. The summed E-state index contributed by atoms with van der Waals surface area (Å²) >= 11 is 0. The van der Waals surface area contributed by atoms with E-state index in [1.807, 2.05) is 31.2 Å². The van der Waals surface area contributed by atoms with Gasteiger partial charge >= 0.3 is 0 Å². The third kappa shape index (κ3) is 3.96. The first-order valence-electron chi connectivity index (χ1n) is 9.04. The number of ether oxygens (including phenoxy) is 1. The van der Waals surface area contributed by atoms with Gasteiger partial charge in [-0.05, 0) is 30.7 Å². The summed E-state index contributed by atoms with van der Waals surface area (Å²) in [6, 6.07) is 7.46. The monoisotopic (exact) mass is 376 g/mol. The van der Waals surface area contributed by atoms with Gasteiger partial charge in [-0.2, -0.15) is 0 Å². The number of rotatable bonds is 4. The van der Waals surface area contributed by atoms with E-state index in [1.165, 1.54) is 6.33 Å². The summed E-state index contributed by atoms with van der Waals surface area (Å²) in [5.41, 5.74) is 3.18. The molecule has 0 aromatic carbocycles. The largest absolute Gasteiger partial charge is 0.378 e. The Kier molecular flexibility index (Phi) is 5.20. The second-order valence-corrected chi connectivity index (χ2v) is 6.45. The van der Waals surface area contributed by atoms with Gasteiger partial charge in [0.1, 0.15) is 17.8 Å². The number of morpholine rings is 1. The summed E-state index contributed by atoms with van der Waals surface area (Å²) in [4.78, 5) is 31.9. The number of nitrogens with zero attached hydrogens (tertiary/aromatic N) is 5. The predicted molar refractivity (Wildman–Crippen MR) is 105 cm³/mol. The minimum atomic E-state index is -0.280. The van der Waals surface area contributed by atoms with Crippen molar-refractivity contribution in [1.82, 2.24) is 19.9 Å². The van der Waals surface area contributed by atoms with E-state index in [4.69, 9.17) is 4.74 Å². The van der Waals surface area contributed by atoms with Gasteiger partial charge in [0.2, 0.25) is 0 Å². The lowest BCUT2D eigenvalue weighted by molar-refractivity contribution is 0.102. The van der Waals surface area contributed by atoms with E-state index in [0.717, 1.165) is 30.0 Å². The van der Waals surface area contributed by atoms with Gasteiger partial charge in [0.25, 0.3) is 5.91 Å². The summed E-state index contributed by atoms with van der Waals surface area (Å²) in [6.45, 7) is 4.89. The first-order valence-corrected chi connectivity index (χ1v) is 9.04. The maximum atomic E-state index is 12.7. The molecule has 1 amide bonds. The van der Waals surface area contributed by atoms with Crippen LogP contribution in [0.1, 0.15) is 16.1 Å². The van der Waals surface area contributed by atoms with E-state index < -0.39 is 0 Å². The molecule has 8 heteroatoms. The van der Waals surface area contributed by atoms with Crippen molar-refractivity contribution in [1.29, 1.82) is 0 Å². The van der Waals surface area contributed by atoms with Crippen molar-refractivity contribution in [3.05, 3.63) is 60.4 Å². The first-order chi connectivity index (χ1) is 13.7. The highest BCUT2D eigenvalue weighted by Crippen LogP contribution is 2.19. The number of amides is 1. The highest BCUT2D eigenvalue weighted by molar-refractivity contribution is 6.04. The molecule has 0 unspecified atom stereocenters. The number of anilines is 2. The topological polar surface area (TPSA) is 93.1 Å². The van der Waals surface area contributed by atoms with E-state index >= 15 is 0 Å². The fourth-order valence-corrected chi connectivity index (χ4v) is 2.98. The van der Waals surface area contributed by atoms with Gasteiger partial charge in [-0.1, -0.05) is 6.07 Å². The van der Waals surface area contributed by atoms with E-state index in [9.17, 15) is 4.79 Å². The van der Waals surface area contributed by atoms with Crippen molar-refractivity contribution in [3.8, 4) is 11.3 Å². The molecule has 0 aliphatic carbocycles. The molecule has 1 saturated heterocycles. The van der Waals surface area contributed by atoms with Crippen molar-refractivity contribution in [2.75, 3.05) is 36.5 Å². The number of hydrogen-bond donors (Lipinski definition) is 1. The van der Waals surface area contributed by atoms with Crippen LogP contribution >= 0.6 is 0 Å². The second kappa shape index (κ2) is 8.10. The van der Waals surface area contributed by atoms with E-state index in [-0.39, 0.29) is 5.91 Å². The molecule has 0 atom stereocenters. The molecule has 0 saturated carbocycles. The summed E-state index contributed by atoms with van der Waals surface area (Å²) < 4.78 is 5.36. The number of pyridine rings is 2. The molecule has 1 aliphatic heterocycles. The molecule has 28 heavy (non-hydrogen) atoms. The number of aromatic nitrogens is 4. The Morgan fingerprint density at radius 3 is 2.57 bits per heavy atom. The van der Waals surface area contributed by atoms with Crippen LogP contribution in [-0.4, -0.2) is 52.1 Å². The lowest BCUT2D eigenvalue weighted by Gasteiger charge is -2.27. The number of carbonyl (C=O) groups is 1. The lowest BCUT2D eigenvalue weighted by atomic mass is 10.1. The second-order valence-electron chi connectivity index (χ2n) is 6.45. The van der Waals surface area contributed by atoms with Gasteiger partial charge in [-0.3, -0.25) is 4.79 Å². The molecule has 1 aliphatic rings. The van der Waals surface area contributed by atoms with Crippen LogP contribution in [0.25, 0.3) is 11.3 Å². The molecular formula is C20H20N6O2. The smallest absolute Gasteiger partial charge is 0.274 e. The molecule has 0 radical (unpaired) electrons. The molecule has 0 spiro atoms. The Morgan fingerprint density at radius 2 is 1.86 bits per heavy atom. The van der Waals surface area contributed by atoms with Crippen LogP contribution in [0.15, 0.2) is 49.2 Å². The van der Waals surface area contributed by atoms with Crippen LogP contribution in [0.2, 0.25) is 0 Å². The van der Waals surface area contributed by atoms with E-state index in [0.29, 0.717) is 30.3 Å². The zero-order valence-corrected chi connectivity index (χ0v) is 15.5. The Morgan fingerprint density at radius 1 is 1.07 bits per heavy atom. The fraction of sp³-hybridized carbons (Fsp3) is 0.250. The van der Waals surface area contributed by atoms with Gasteiger partial charge < -0.3 is 15.0 Å². The summed E-state index contributed by atoms with van der Waals surface area (Å²) in [5.74, 6) is 0.596. The Hall–Kier alpha value is -3.39. The zero-order valence-electron chi connectivity index (χ0n) is 15.5. The molecule has 8 nitrogen and oxygen atoms in total. The van der Waals surface area contributed by atoms with Crippen molar-refractivity contribution < 1.29 is 9.53 Å². The lowest BCUT2D eigenvalue weighted by Crippen LogP contribution is -2.36. The summed E-state index contributed by atoms with van der Waals surface area (Å²) in [7, 11) is 0. The maximum absolute atomic E-state index is 12.7. The van der Waals surface area contributed by atoms with Gasteiger partial charge in [0, 0.05) is 31.0 Å². The zero-order chi connectivity index (χ0) is 19.3. The van der Waals surface area contributed by atoms with Crippen molar-refractivity contribution in [3.63, 3.8) is 0 Å². The number of nitrogens with one attached hydrogen (secondary N) is 1. The van der Waals surface area contributed by atoms with Crippen LogP contribution in [0.3, 0.4) is 0 Å². The minimum absolute atomic E-state index is 0.280. The molecular weight excluding hydrogens is 356 g/mol. The minimum Gasteiger partial charge on any atom is -0.378 e. The Labute approximate surface area is 162 Å². The van der Waals surface area contributed by atoms with Crippen LogP contribution in [-0.2, 0) is 4.74 Å². The van der Waals surface area contributed by atoms with Gasteiger partial charge in [0.15, 0.2) is 0 Å². The molecule has 142 valence electrons. The first kappa shape index (κ1) is 18.0. The number of carbonyl (C=O) groups excluding carboxylic acids is 1. The van der Waals surface area contributed by atoms with Crippen LogP contribution in [0.5, 0.6) is 0 Å². The highest BCUT2D eigenvalue weighted by Gasteiger charge is 2.15. The van der Waals surface area contributed by atoms with Gasteiger partial charge in [-0.25, -0.2) is 19.9 Å². The van der Waals surface area contributed by atoms with Crippen molar-refractivity contribution >= 4 is 17.4 Å². The van der Waals surface area contributed by atoms with Crippen molar-refractivity contribution in [2.45, 2.75) is 6.92 Å². The highest BCUT2D eigenvalue weighted by atomic mass is 16.5. The Balaban J connectivity index is 1.50. The van der Waals surface area contributed by atoms with Gasteiger partial charge in [-0.15, -0.1) is 0 Å². The fourth-order valence-electron chi connectivity index (χ4n) is 2.98. The molecule has 4 rings (SSSR count). The van der Waals surface area contributed by atoms with Gasteiger partial charge in [0.05, 0.1) is 30.8 Å². The number of hydrogen-bond acceptors (Lipinski definition) is 7. The number of aryl methyl sites for hydroxylation is 1. The van der Waals surface area contributed by atoms with E-state index in [1.54, 1.807) is 18.6 Å². The third-order valence-electron chi connectivity index (χ3n) is 4.51. The summed E-state index contributed by atoms with van der Waals surface area (Å²) in [6.07, 6.45) is 6.45. The molecule has 3 aromatic rings. The van der Waals surface area contributed by atoms with Crippen LogP contribution in [0, 0.1) is 6.92 Å². The summed E-state index contributed by atoms with van der Waals surface area (Å²) in [5, 5.41) is 2.87. The van der Waals surface area contributed by atoms with Crippen LogP contribution < -0.4 is 10.2 Å². The molecule has 4 heterocycles. The molecule has 0 bridgehead atoms. The molecule has 1 fully saturated rings. The van der Waals surface area contributed by atoms with Crippen molar-refractivity contribution in [2.24, 2.45) is 0 Å². The van der Waals surface area contributed by atoms with Crippen LogP contribution in [0.4, 0.5) is 11.5 Å².